The molecule has 0 radical (unpaired) electrons. The Kier molecular flexibility index (Phi) is 3.23. The van der Waals surface area contributed by atoms with Crippen molar-refractivity contribution in [1.82, 2.24) is 15.1 Å². The van der Waals surface area contributed by atoms with E-state index in [-0.39, 0.29) is 5.75 Å². The van der Waals surface area contributed by atoms with Gasteiger partial charge in [0.2, 0.25) is 0 Å². The maximum Gasteiger partial charge on any atom is 0.258 e. The molecule has 3 rings (SSSR count). The van der Waals surface area contributed by atoms with Gasteiger partial charge in [-0.05, 0) is 31.5 Å². The second kappa shape index (κ2) is 5.05. The first-order valence-corrected chi connectivity index (χ1v) is 7.03. The van der Waals surface area contributed by atoms with E-state index in [4.69, 9.17) is 4.52 Å². The van der Waals surface area contributed by atoms with Crippen LogP contribution in [0.15, 0.2) is 28.1 Å². The average Bonchev–Trinajstić information content (AvgIpc) is 3.03. The van der Waals surface area contributed by atoms with E-state index in [1.807, 2.05) is 31.4 Å². The number of phenols is 1. The number of thiazole rings is 1. The van der Waals surface area contributed by atoms with E-state index in [9.17, 15) is 5.11 Å². The molecule has 0 unspecified atom stereocenters. The summed E-state index contributed by atoms with van der Waals surface area (Å²) in [7, 11) is 0. The lowest BCUT2D eigenvalue weighted by Crippen LogP contribution is -1.90. The van der Waals surface area contributed by atoms with Gasteiger partial charge in [-0.15, -0.1) is 11.3 Å². The summed E-state index contributed by atoms with van der Waals surface area (Å²) in [5.74, 6) is 1.22. The SMILES string of the molecule is Cc1csc(Cc2noc(-c3ccc(C)c(O)c3)n2)n1. The summed E-state index contributed by atoms with van der Waals surface area (Å²) in [4.78, 5) is 8.70. The molecule has 0 fully saturated rings. The van der Waals surface area contributed by atoms with Crippen molar-refractivity contribution in [2.45, 2.75) is 20.3 Å². The molecule has 0 saturated carbocycles. The second-order valence-corrected chi connectivity index (χ2v) is 5.52. The van der Waals surface area contributed by atoms with Gasteiger partial charge in [0.1, 0.15) is 10.8 Å². The molecule has 20 heavy (non-hydrogen) atoms. The van der Waals surface area contributed by atoms with Gasteiger partial charge in [-0.2, -0.15) is 4.98 Å². The molecule has 3 aromatic rings. The Morgan fingerprint density at radius 2 is 2.10 bits per heavy atom. The van der Waals surface area contributed by atoms with Crippen LogP contribution in [-0.4, -0.2) is 20.2 Å². The summed E-state index contributed by atoms with van der Waals surface area (Å²) in [5, 5.41) is 16.6. The number of hydrogen-bond acceptors (Lipinski definition) is 6. The van der Waals surface area contributed by atoms with E-state index in [1.165, 1.54) is 0 Å². The molecule has 0 bridgehead atoms. The quantitative estimate of drug-likeness (QED) is 0.801. The van der Waals surface area contributed by atoms with Crippen molar-refractivity contribution in [3.05, 3.63) is 45.7 Å². The third-order valence-electron chi connectivity index (χ3n) is 2.90. The van der Waals surface area contributed by atoms with Gasteiger partial charge in [-0.1, -0.05) is 11.2 Å². The molecular weight excluding hydrogens is 274 g/mol. The van der Waals surface area contributed by atoms with Crippen molar-refractivity contribution < 1.29 is 9.63 Å². The minimum Gasteiger partial charge on any atom is -0.508 e. The van der Waals surface area contributed by atoms with Crippen molar-refractivity contribution >= 4 is 11.3 Å². The molecule has 1 N–H and O–H groups in total. The summed E-state index contributed by atoms with van der Waals surface area (Å²) < 4.78 is 5.23. The molecule has 102 valence electrons. The maximum atomic E-state index is 9.71. The lowest BCUT2D eigenvalue weighted by atomic mass is 10.1. The number of aryl methyl sites for hydroxylation is 2. The molecule has 0 amide bonds. The number of rotatable bonds is 3. The molecule has 2 heterocycles. The second-order valence-electron chi connectivity index (χ2n) is 4.58. The molecule has 0 aliphatic rings. The topological polar surface area (TPSA) is 72.0 Å². The zero-order chi connectivity index (χ0) is 14.1. The van der Waals surface area contributed by atoms with Gasteiger partial charge in [-0.3, -0.25) is 0 Å². The van der Waals surface area contributed by atoms with Crippen LogP contribution < -0.4 is 0 Å². The molecule has 0 aliphatic carbocycles. The lowest BCUT2D eigenvalue weighted by molar-refractivity contribution is 0.423. The van der Waals surface area contributed by atoms with E-state index in [0.29, 0.717) is 23.7 Å². The van der Waals surface area contributed by atoms with Crippen LogP contribution in [0.25, 0.3) is 11.5 Å². The van der Waals surface area contributed by atoms with Crippen LogP contribution in [0, 0.1) is 13.8 Å². The van der Waals surface area contributed by atoms with Gasteiger partial charge in [0.25, 0.3) is 5.89 Å². The van der Waals surface area contributed by atoms with Crippen LogP contribution in [0.5, 0.6) is 5.75 Å². The Hall–Kier alpha value is -2.21. The molecule has 1 aromatic carbocycles. The predicted molar refractivity (Wildman–Crippen MR) is 75.8 cm³/mol. The fourth-order valence-corrected chi connectivity index (χ4v) is 2.57. The van der Waals surface area contributed by atoms with Crippen LogP contribution in [-0.2, 0) is 6.42 Å². The van der Waals surface area contributed by atoms with Gasteiger partial charge in [-0.25, -0.2) is 4.98 Å². The molecule has 0 atom stereocenters. The molecule has 0 spiro atoms. The Morgan fingerprint density at radius 3 is 2.80 bits per heavy atom. The van der Waals surface area contributed by atoms with Crippen molar-refractivity contribution in [2.75, 3.05) is 0 Å². The van der Waals surface area contributed by atoms with Gasteiger partial charge in [0.05, 0.1) is 6.42 Å². The molecule has 2 aromatic heterocycles. The minimum atomic E-state index is 0.220. The van der Waals surface area contributed by atoms with Crippen molar-refractivity contribution in [3.63, 3.8) is 0 Å². The first kappa shape index (κ1) is 12.8. The van der Waals surface area contributed by atoms with Crippen molar-refractivity contribution in [3.8, 4) is 17.2 Å². The summed E-state index contributed by atoms with van der Waals surface area (Å²) in [6.07, 6.45) is 0.555. The number of phenolic OH excluding ortho intramolecular Hbond substituents is 1. The summed E-state index contributed by atoms with van der Waals surface area (Å²) >= 11 is 1.58. The van der Waals surface area contributed by atoms with Crippen LogP contribution in [0.2, 0.25) is 0 Å². The molecule has 0 saturated heterocycles. The Morgan fingerprint density at radius 1 is 1.25 bits per heavy atom. The summed E-state index contributed by atoms with van der Waals surface area (Å²) in [6.45, 7) is 3.79. The molecular formula is C14H13N3O2S. The molecule has 0 aliphatic heterocycles. The maximum absolute atomic E-state index is 9.71. The predicted octanol–water partition coefficient (Wildman–Crippen LogP) is 3.11. The normalized spacial score (nSPS) is 10.9. The fourth-order valence-electron chi connectivity index (χ4n) is 1.80. The zero-order valence-corrected chi connectivity index (χ0v) is 11.9. The number of hydrogen-bond donors (Lipinski definition) is 1. The molecule has 5 nitrogen and oxygen atoms in total. The highest BCUT2D eigenvalue weighted by molar-refractivity contribution is 7.09. The Labute approximate surface area is 119 Å². The fraction of sp³-hybridized carbons (Fsp3) is 0.214. The smallest absolute Gasteiger partial charge is 0.258 e. The Bertz CT molecular complexity index is 748. The zero-order valence-electron chi connectivity index (χ0n) is 11.1. The van der Waals surface area contributed by atoms with Gasteiger partial charge < -0.3 is 9.63 Å². The van der Waals surface area contributed by atoms with Gasteiger partial charge >= 0.3 is 0 Å². The first-order valence-electron chi connectivity index (χ1n) is 6.15. The van der Waals surface area contributed by atoms with E-state index in [2.05, 4.69) is 15.1 Å². The third kappa shape index (κ3) is 2.55. The summed E-state index contributed by atoms with van der Waals surface area (Å²) in [6, 6.07) is 5.29. The Balaban J connectivity index is 1.84. The first-order chi connectivity index (χ1) is 9.61. The minimum absolute atomic E-state index is 0.220. The average molecular weight is 287 g/mol. The number of aromatic hydroxyl groups is 1. The monoisotopic (exact) mass is 287 g/mol. The third-order valence-corrected chi connectivity index (χ3v) is 3.87. The number of aromatic nitrogens is 3. The molecule has 6 heteroatoms. The highest BCUT2D eigenvalue weighted by Crippen LogP contribution is 2.25. The van der Waals surface area contributed by atoms with Gasteiger partial charge in [0, 0.05) is 16.6 Å². The van der Waals surface area contributed by atoms with E-state index >= 15 is 0 Å². The van der Waals surface area contributed by atoms with Crippen molar-refractivity contribution in [2.24, 2.45) is 0 Å². The van der Waals surface area contributed by atoms with E-state index in [0.717, 1.165) is 16.3 Å². The largest absolute Gasteiger partial charge is 0.508 e. The van der Waals surface area contributed by atoms with E-state index in [1.54, 1.807) is 17.4 Å². The number of nitrogens with zero attached hydrogens (tertiary/aromatic N) is 3. The highest BCUT2D eigenvalue weighted by Gasteiger charge is 2.12. The van der Waals surface area contributed by atoms with Gasteiger partial charge in [0.15, 0.2) is 5.82 Å². The van der Waals surface area contributed by atoms with Crippen molar-refractivity contribution in [1.29, 1.82) is 0 Å². The van der Waals surface area contributed by atoms with Crippen LogP contribution in [0.3, 0.4) is 0 Å². The van der Waals surface area contributed by atoms with E-state index < -0.39 is 0 Å². The van der Waals surface area contributed by atoms with Crippen LogP contribution >= 0.6 is 11.3 Å². The standard InChI is InChI=1S/C14H13N3O2S/c1-8-3-4-10(5-11(8)18)14-16-12(17-19-14)6-13-15-9(2)7-20-13/h3-5,7,18H,6H2,1-2H3. The number of benzene rings is 1. The lowest BCUT2D eigenvalue weighted by Gasteiger charge is -1.99. The van der Waals surface area contributed by atoms with Crippen LogP contribution in [0.1, 0.15) is 22.1 Å². The summed E-state index contributed by atoms with van der Waals surface area (Å²) in [5.41, 5.74) is 2.52. The highest BCUT2D eigenvalue weighted by atomic mass is 32.1. The van der Waals surface area contributed by atoms with Crippen LogP contribution in [0.4, 0.5) is 0 Å².